The second kappa shape index (κ2) is 7.52. The van der Waals surface area contributed by atoms with Crippen LogP contribution in [0.15, 0.2) is 18.2 Å². The molecule has 1 atom stereocenters. The number of carbonyl (C=O) groups excluding carboxylic acids is 1. The highest BCUT2D eigenvalue weighted by atomic mass is 19.4. The number of halogens is 3. The molecule has 2 rings (SSSR count). The Balaban J connectivity index is 2.12. The number of carbonyl (C=O) groups is 1. The number of ketones is 1. The number of hydrogen-bond acceptors (Lipinski definition) is 5. The normalized spacial score (nSPS) is 18.4. The van der Waals surface area contributed by atoms with Gasteiger partial charge in [0.15, 0.2) is 5.78 Å². The Kier molecular flexibility index (Phi) is 5.83. The van der Waals surface area contributed by atoms with E-state index in [9.17, 15) is 23.1 Å². The summed E-state index contributed by atoms with van der Waals surface area (Å²) in [6.45, 7) is 3.64. The molecule has 25 heavy (non-hydrogen) atoms. The first-order valence-corrected chi connectivity index (χ1v) is 7.79. The van der Waals surface area contributed by atoms with Gasteiger partial charge in [-0.25, -0.2) is 0 Å². The van der Waals surface area contributed by atoms with Crippen LogP contribution >= 0.6 is 0 Å². The lowest BCUT2D eigenvalue weighted by Crippen LogP contribution is -2.50. The number of benzene rings is 1. The number of hydrogen-bond donors (Lipinski definition) is 1. The van der Waals surface area contributed by atoms with E-state index in [0.29, 0.717) is 26.3 Å². The molecule has 1 fully saturated rings. The molecule has 0 spiro atoms. The van der Waals surface area contributed by atoms with Crippen LogP contribution in [0.4, 0.5) is 13.2 Å². The summed E-state index contributed by atoms with van der Waals surface area (Å²) in [6.07, 6.45) is -5.02. The molecule has 1 aromatic carbocycles. The zero-order chi connectivity index (χ0) is 18.7. The van der Waals surface area contributed by atoms with Crippen molar-refractivity contribution >= 4 is 5.78 Å². The van der Waals surface area contributed by atoms with Gasteiger partial charge in [-0.3, -0.25) is 9.69 Å². The van der Waals surface area contributed by atoms with Crippen molar-refractivity contribution in [1.29, 1.82) is 5.26 Å². The lowest BCUT2D eigenvalue weighted by molar-refractivity contribution is -0.139. The average molecular weight is 356 g/mol. The molecule has 0 unspecified atom stereocenters. The van der Waals surface area contributed by atoms with Crippen molar-refractivity contribution in [3.8, 4) is 6.07 Å². The maximum absolute atomic E-state index is 13.0. The summed E-state index contributed by atoms with van der Waals surface area (Å²) in [6, 6.07) is 4.63. The zero-order valence-corrected chi connectivity index (χ0v) is 13.8. The molecule has 0 saturated carbocycles. The quantitative estimate of drug-likeness (QED) is 0.871. The molecule has 0 aromatic heterocycles. The Morgan fingerprint density at radius 2 is 2.00 bits per heavy atom. The van der Waals surface area contributed by atoms with E-state index in [0.717, 1.165) is 12.1 Å². The fourth-order valence-corrected chi connectivity index (χ4v) is 2.69. The number of rotatable bonds is 5. The van der Waals surface area contributed by atoms with Crippen molar-refractivity contribution in [1.82, 2.24) is 4.90 Å². The van der Waals surface area contributed by atoms with Crippen molar-refractivity contribution in [2.45, 2.75) is 25.1 Å². The Morgan fingerprint density at radius 1 is 1.36 bits per heavy atom. The topological polar surface area (TPSA) is 73.6 Å². The van der Waals surface area contributed by atoms with Crippen molar-refractivity contribution in [2.75, 3.05) is 32.8 Å². The van der Waals surface area contributed by atoms with Crippen LogP contribution in [0.3, 0.4) is 0 Å². The molecular formula is C17H19F3N2O3. The van der Waals surface area contributed by atoms with Crippen LogP contribution < -0.4 is 0 Å². The van der Waals surface area contributed by atoms with Gasteiger partial charge in [0.2, 0.25) is 0 Å². The maximum atomic E-state index is 13.0. The molecule has 0 bridgehead atoms. The number of morpholine rings is 1. The summed E-state index contributed by atoms with van der Waals surface area (Å²) in [7, 11) is 0. The van der Waals surface area contributed by atoms with Crippen LogP contribution in [-0.4, -0.2) is 54.2 Å². The summed E-state index contributed by atoms with van der Waals surface area (Å²) < 4.78 is 44.2. The molecule has 1 aliphatic heterocycles. The van der Waals surface area contributed by atoms with E-state index in [4.69, 9.17) is 10.00 Å². The first-order chi connectivity index (χ1) is 11.6. The summed E-state index contributed by atoms with van der Waals surface area (Å²) in [5.41, 5.74) is -3.14. The molecule has 8 heteroatoms. The number of ether oxygens (including phenoxy) is 1. The minimum atomic E-state index is -4.68. The van der Waals surface area contributed by atoms with Crippen LogP contribution in [0.25, 0.3) is 0 Å². The lowest BCUT2D eigenvalue weighted by Gasteiger charge is -2.33. The molecule has 1 heterocycles. The number of β-amino-alcohol motifs (C(OH)–C–C–N with tert-alkyl or cyclic N) is 1. The lowest BCUT2D eigenvalue weighted by atomic mass is 9.93. The first kappa shape index (κ1) is 19.4. The van der Waals surface area contributed by atoms with Crippen LogP contribution in [0, 0.1) is 11.3 Å². The molecule has 1 aromatic rings. The highest BCUT2D eigenvalue weighted by Crippen LogP contribution is 2.32. The SMILES string of the molecule is C[C@](O)(CN1CCOCC1)C(=O)Cc1ccc(C#N)c(C(F)(F)F)c1. The Morgan fingerprint density at radius 3 is 2.56 bits per heavy atom. The number of nitriles is 1. The smallest absolute Gasteiger partial charge is 0.381 e. The molecule has 0 radical (unpaired) electrons. The molecule has 5 nitrogen and oxygen atoms in total. The van der Waals surface area contributed by atoms with E-state index < -0.39 is 28.7 Å². The number of alkyl halides is 3. The van der Waals surface area contributed by atoms with Crippen molar-refractivity contribution < 1.29 is 27.8 Å². The monoisotopic (exact) mass is 356 g/mol. The van der Waals surface area contributed by atoms with Crippen LogP contribution in [0.2, 0.25) is 0 Å². The van der Waals surface area contributed by atoms with E-state index in [2.05, 4.69) is 0 Å². The van der Waals surface area contributed by atoms with Gasteiger partial charge >= 0.3 is 6.18 Å². The van der Waals surface area contributed by atoms with Gasteiger partial charge in [-0.15, -0.1) is 0 Å². The Bertz CT molecular complexity index is 675. The number of aliphatic hydroxyl groups is 1. The van der Waals surface area contributed by atoms with Crippen molar-refractivity contribution in [3.05, 3.63) is 34.9 Å². The summed E-state index contributed by atoms with van der Waals surface area (Å²) >= 11 is 0. The van der Waals surface area contributed by atoms with Crippen LogP contribution in [-0.2, 0) is 22.1 Å². The standard InChI is InChI=1S/C17H19F3N2O3/c1-16(24,11-22-4-6-25-7-5-22)15(23)9-12-2-3-13(10-21)14(8-12)17(18,19)20/h2-3,8,24H,4-7,9,11H2,1H3/t16-/m0/s1. The van der Waals surface area contributed by atoms with E-state index >= 15 is 0 Å². The van der Waals surface area contributed by atoms with Gasteiger partial charge in [0.05, 0.1) is 30.4 Å². The number of Topliss-reactive ketones (excluding diaryl/α,β-unsaturated/α-hetero) is 1. The van der Waals surface area contributed by atoms with E-state index in [1.165, 1.54) is 19.1 Å². The Labute approximate surface area is 143 Å². The average Bonchev–Trinajstić information content (AvgIpc) is 2.54. The van der Waals surface area contributed by atoms with Crippen molar-refractivity contribution in [2.24, 2.45) is 0 Å². The van der Waals surface area contributed by atoms with E-state index in [1.54, 1.807) is 0 Å². The third-order valence-corrected chi connectivity index (χ3v) is 4.11. The maximum Gasteiger partial charge on any atom is 0.417 e. The molecule has 0 amide bonds. The molecule has 0 aliphatic carbocycles. The van der Waals surface area contributed by atoms with Gasteiger partial charge in [-0.1, -0.05) is 6.07 Å². The molecule has 136 valence electrons. The predicted molar refractivity (Wildman–Crippen MR) is 82.8 cm³/mol. The van der Waals surface area contributed by atoms with Gasteiger partial charge in [0.25, 0.3) is 0 Å². The third-order valence-electron chi connectivity index (χ3n) is 4.11. The minimum Gasteiger partial charge on any atom is -0.381 e. The fourth-order valence-electron chi connectivity index (χ4n) is 2.69. The Hall–Kier alpha value is -1.95. The zero-order valence-electron chi connectivity index (χ0n) is 13.8. The highest BCUT2D eigenvalue weighted by Gasteiger charge is 2.36. The van der Waals surface area contributed by atoms with Crippen LogP contribution in [0.1, 0.15) is 23.6 Å². The van der Waals surface area contributed by atoms with Gasteiger partial charge in [0, 0.05) is 26.1 Å². The first-order valence-electron chi connectivity index (χ1n) is 7.79. The second-order valence-electron chi connectivity index (χ2n) is 6.25. The summed E-state index contributed by atoms with van der Waals surface area (Å²) in [5, 5.41) is 19.2. The minimum absolute atomic E-state index is 0.0948. The summed E-state index contributed by atoms with van der Waals surface area (Å²) in [5.74, 6) is -0.572. The largest absolute Gasteiger partial charge is 0.417 e. The van der Waals surface area contributed by atoms with Gasteiger partial charge in [-0.05, 0) is 24.6 Å². The molecular weight excluding hydrogens is 337 g/mol. The third kappa shape index (κ3) is 5.01. The molecule has 1 aliphatic rings. The fraction of sp³-hybridized carbons (Fsp3) is 0.529. The van der Waals surface area contributed by atoms with E-state index in [1.807, 2.05) is 4.90 Å². The second-order valence-corrected chi connectivity index (χ2v) is 6.25. The predicted octanol–water partition coefficient (Wildman–Crippen LogP) is 1.77. The number of nitrogens with zero attached hydrogens (tertiary/aromatic N) is 2. The molecule has 1 N–H and O–H groups in total. The van der Waals surface area contributed by atoms with E-state index in [-0.39, 0.29) is 18.5 Å². The van der Waals surface area contributed by atoms with Gasteiger partial charge in [0.1, 0.15) is 5.60 Å². The van der Waals surface area contributed by atoms with Crippen molar-refractivity contribution in [3.63, 3.8) is 0 Å². The summed E-state index contributed by atoms with van der Waals surface area (Å²) in [4.78, 5) is 14.2. The van der Waals surface area contributed by atoms with Gasteiger partial charge < -0.3 is 9.84 Å². The highest BCUT2D eigenvalue weighted by molar-refractivity contribution is 5.88. The van der Waals surface area contributed by atoms with Crippen LogP contribution in [0.5, 0.6) is 0 Å². The molecule has 1 saturated heterocycles. The van der Waals surface area contributed by atoms with Gasteiger partial charge in [-0.2, -0.15) is 18.4 Å².